The van der Waals surface area contributed by atoms with Crippen LogP contribution >= 0.6 is 11.6 Å². The van der Waals surface area contributed by atoms with Crippen LogP contribution in [0.3, 0.4) is 0 Å². The molecule has 1 aliphatic rings. The fourth-order valence-corrected chi connectivity index (χ4v) is 5.71. The van der Waals surface area contributed by atoms with Crippen molar-refractivity contribution in [3.05, 3.63) is 58.6 Å². The molecule has 1 aliphatic heterocycles. The summed E-state index contributed by atoms with van der Waals surface area (Å²) in [7, 11) is -0.356. The van der Waals surface area contributed by atoms with Crippen LogP contribution in [0.2, 0.25) is 5.02 Å². The molecule has 1 fully saturated rings. The first kappa shape index (κ1) is 24.4. The van der Waals surface area contributed by atoms with Gasteiger partial charge in [0.15, 0.2) is 11.5 Å². The van der Waals surface area contributed by atoms with E-state index in [4.69, 9.17) is 21.1 Å². The van der Waals surface area contributed by atoms with E-state index < -0.39 is 10.0 Å². The highest BCUT2D eigenvalue weighted by Crippen LogP contribution is 2.30. The molecule has 0 aromatic heterocycles. The highest BCUT2D eigenvalue weighted by molar-refractivity contribution is 7.88. The van der Waals surface area contributed by atoms with Crippen molar-refractivity contribution in [2.24, 2.45) is 5.92 Å². The minimum absolute atomic E-state index is 0.0737. The molecule has 2 aromatic rings. The van der Waals surface area contributed by atoms with Crippen molar-refractivity contribution < 1.29 is 22.7 Å². The molecule has 0 saturated carbocycles. The maximum atomic E-state index is 12.8. The highest BCUT2D eigenvalue weighted by atomic mass is 35.5. The molecular formula is C23H29ClN2O5S. The molecule has 2 aromatic carbocycles. The number of carbonyl (C=O) groups is 1. The van der Waals surface area contributed by atoms with Crippen LogP contribution in [0.4, 0.5) is 0 Å². The fraction of sp³-hybridized carbons (Fsp3) is 0.435. The van der Waals surface area contributed by atoms with Crippen molar-refractivity contribution in [1.29, 1.82) is 0 Å². The topological polar surface area (TPSA) is 84.9 Å². The number of hydrogen-bond donors (Lipinski definition) is 1. The van der Waals surface area contributed by atoms with E-state index in [0.717, 1.165) is 5.56 Å². The number of benzene rings is 2. The Morgan fingerprint density at radius 1 is 1.12 bits per heavy atom. The van der Waals surface area contributed by atoms with Gasteiger partial charge in [0.25, 0.3) is 0 Å². The van der Waals surface area contributed by atoms with Crippen molar-refractivity contribution in [2.45, 2.75) is 31.6 Å². The van der Waals surface area contributed by atoms with E-state index in [0.29, 0.717) is 48.0 Å². The van der Waals surface area contributed by atoms with Crippen molar-refractivity contribution in [2.75, 3.05) is 27.3 Å². The number of sulfonamides is 1. The molecule has 0 bridgehead atoms. The van der Waals surface area contributed by atoms with Crippen LogP contribution in [0, 0.1) is 5.92 Å². The first-order valence-electron chi connectivity index (χ1n) is 10.5. The van der Waals surface area contributed by atoms with Gasteiger partial charge in [0, 0.05) is 24.0 Å². The third-order valence-corrected chi connectivity index (χ3v) is 7.98. The zero-order chi connectivity index (χ0) is 23.3. The molecule has 0 aliphatic carbocycles. The average molecular weight is 481 g/mol. The minimum Gasteiger partial charge on any atom is -0.493 e. The lowest BCUT2D eigenvalue weighted by Crippen LogP contribution is -2.43. The van der Waals surface area contributed by atoms with Gasteiger partial charge in [-0.1, -0.05) is 35.9 Å². The zero-order valence-electron chi connectivity index (χ0n) is 18.5. The van der Waals surface area contributed by atoms with Crippen molar-refractivity contribution in [3.8, 4) is 11.5 Å². The van der Waals surface area contributed by atoms with E-state index in [2.05, 4.69) is 5.32 Å². The Bertz CT molecular complexity index is 1050. The van der Waals surface area contributed by atoms with Crippen LogP contribution in [0.5, 0.6) is 11.5 Å². The number of hydrogen-bond acceptors (Lipinski definition) is 5. The van der Waals surface area contributed by atoms with Gasteiger partial charge >= 0.3 is 0 Å². The quantitative estimate of drug-likeness (QED) is 0.621. The molecule has 174 valence electrons. The van der Waals surface area contributed by atoms with Crippen LogP contribution in [0.25, 0.3) is 0 Å². The van der Waals surface area contributed by atoms with Crippen LogP contribution in [-0.2, 0) is 20.6 Å². The van der Waals surface area contributed by atoms with Gasteiger partial charge in [-0.05, 0) is 49.1 Å². The number of carbonyl (C=O) groups excluding carboxylic acids is 1. The summed E-state index contributed by atoms with van der Waals surface area (Å²) in [6.45, 7) is 2.54. The number of nitrogens with zero attached hydrogens (tertiary/aromatic N) is 1. The van der Waals surface area contributed by atoms with E-state index in [1.165, 1.54) is 4.31 Å². The van der Waals surface area contributed by atoms with E-state index in [1.807, 2.05) is 19.1 Å². The molecule has 0 unspecified atom stereocenters. The van der Waals surface area contributed by atoms with Crippen LogP contribution in [-0.4, -0.2) is 45.9 Å². The molecule has 1 atom stereocenters. The van der Waals surface area contributed by atoms with Gasteiger partial charge in [-0.2, -0.15) is 0 Å². The molecule has 1 saturated heterocycles. The van der Waals surface area contributed by atoms with Crippen molar-refractivity contribution >= 4 is 27.5 Å². The molecule has 0 spiro atoms. The molecule has 0 radical (unpaired) electrons. The van der Waals surface area contributed by atoms with Gasteiger partial charge in [0.05, 0.1) is 26.0 Å². The van der Waals surface area contributed by atoms with Gasteiger partial charge in [-0.3, -0.25) is 4.79 Å². The summed E-state index contributed by atoms with van der Waals surface area (Å²) in [5.74, 6) is 0.780. The average Bonchev–Trinajstić information content (AvgIpc) is 2.80. The lowest BCUT2D eigenvalue weighted by atomic mass is 9.96. The number of halogens is 1. The summed E-state index contributed by atoms with van der Waals surface area (Å²) in [6.07, 6.45) is 0.957. The van der Waals surface area contributed by atoms with Gasteiger partial charge < -0.3 is 14.8 Å². The minimum atomic E-state index is -3.50. The lowest BCUT2D eigenvalue weighted by Gasteiger charge is -2.31. The molecule has 1 heterocycles. The molecule has 1 amide bonds. The van der Waals surface area contributed by atoms with Crippen LogP contribution in [0.1, 0.15) is 36.9 Å². The Labute approximate surface area is 194 Å². The SMILES string of the molecule is COc1ccc([C@H](C)NC(=O)C2CCN(S(=O)(=O)Cc3ccccc3Cl)CC2)cc1OC. The van der Waals surface area contributed by atoms with Crippen LogP contribution < -0.4 is 14.8 Å². The second-order valence-corrected chi connectivity index (χ2v) is 10.2. The summed E-state index contributed by atoms with van der Waals surface area (Å²) in [5, 5.41) is 3.47. The second-order valence-electron chi connectivity index (χ2n) is 7.87. The van der Waals surface area contributed by atoms with Gasteiger partial charge in [0.1, 0.15) is 0 Å². The molecule has 7 nitrogen and oxygen atoms in total. The predicted molar refractivity (Wildman–Crippen MR) is 124 cm³/mol. The van der Waals surface area contributed by atoms with E-state index in [1.54, 1.807) is 44.6 Å². The number of ether oxygens (including phenoxy) is 2. The standard InChI is InChI=1S/C23H29ClN2O5S/c1-16(18-8-9-21(30-2)22(14-18)31-3)25-23(27)17-10-12-26(13-11-17)32(28,29)15-19-6-4-5-7-20(19)24/h4-9,14,16-17H,10-13,15H2,1-3H3,(H,25,27)/t16-/m0/s1. The predicted octanol–water partition coefficient (Wildman–Crippen LogP) is 3.78. The fourth-order valence-electron chi connectivity index (χ4n) is 3.84. The highest BCUT2D eigenvalue weighted by Gasteiger charge is 2.32. The number of amides is 1. The Hall–Kier alpha value is -2.29. The second kappa shape index (κ2) is 10.6. The summed E-state index contributed by atoms with van der Waals surface area (Å²) >= 11 is 6.12. The number of nitrogens with one attached hydrogen (secondary N) is 1. The smallest absolute Gasteiger partial charge is 0.223 e. The number of piperidine rings is 1. The summed E-state index contributed by atoms with van der Waals surface area (Å²) in [6, 6.07) is 12.3. The summed E-state index contributed by atoms with van der Waals surface area (Å²) < 4.78 is 37.7. The summed E-state index contributed by atoms with van der Waals surface area (Å²) in [4.78, 5) is 12.8. The third-order valence-electron chi connectivity index (χ3n) is 5.78. The maximum absolute atomic E-state index is 12.8. The zero-order valence-corrected chi connectivity index (χ0v) is 20.1. The third kappa shape index (κ3) is 5.74. The van der Waals surface area contributed by atoms with Gasteiger partial charge in [0.2, 0.25) is 15.9 Å². The van der Waals surface area contributed by atoms with E-state index >= 15 is 0 Å². The Balaban J connectivity index is 1.56. The molecule has 9 heteroatoms. The Morgan fingerprint density at radius 2 is 1.78 bits per heavy atom. The van der Waals surface area contributed by atoms with Gasteiger partial charge in [-0.25, -0.2) is 12.7 Å². The Morgan fingerprint density at radius 3 is 2.41 bits per heavy atom. The maximum Gasteiger partial charge on any atom is 0.223 e. The lowest BCUT2D eigenvalue weighted by molar-refractivity contribution is -0.126. The Kier molecular flexibility index (Phi) is 8.03. The van der Waals surface area contributed by atoms with E-state index in [9.17, 15) is 13.2 Å². The number of rotatable bonds is 8. The molecule has 32 heavy (non-hydrogen) atoms. The van der Waals surface area contributed by atoms with Gasteiger partial charge in [-0.15, -0.1) is 0 Å². The largest absolute Gasteiger partial charge is 0.493 e. The normalized spacial score (nSPS) is 16.4. The molecule has 3 rings (SSSR count). The number of methoxy groups -OCH3 is 2. The van der Waals surface area contributed by atoms with E-state index in [-0.39, 0.29) is 23.6 Å². The first-order valence-corrected chi connectivity index (χ1v) is 12.5. The first-order chi connectivity index (χ1) is 15.2. The molecule has 1 N–H and O–H groups in total. The van der Waals surface area contributed by atoms with Crippen molar-refractivity contribution in [1.82, 2.24) is 9.62 Å². The molecular weight excluding hydrogens is 452 g/mol. The monoisotopic (exact) mass is 480 g/mol. The van der Waals surface area contributed by atoms with Crippen LogP contribution in [0.15, 0.2) is 42.5 Å². The summed E-state index contributed by atoms with van der Waals surface area (Å²) in [5.41, 5.74) is 1.48. The van der Waals surface area contributed by atoms with Crippen molar-refractivity contribution in [3.63, 3.8) is 0 Å².